The van der Waals surface area contributed by atoms with Gasteiger partial charge < -0.3 is 4.90 Å². The number of alkyl halides is 1. The zero-order valence-corrected chi connectivity index (χ0v) is 11.4. The third-order valence-corrected chi connectivity index (χ3v) is 4.67. The lowest BCUT2D eigenvalue weighted by atomic mass is 10.1. The molecular formula is C10H18BrNOS. The second kappa shape index (κ2) is 4.88. The maximum Gasteiger partial charge on any atom is 0.236 e. The molecule has 14 heavy (non-hydrogen) atoms. The predicted octanol–water partition coefficient (Wildman–Crippen LogP) is 2.51. The maximum atomic E-state index is 11.8. The Morgan fingerprint density at radius 2 is 2.29 bits per heavy atom. The average molecular weight is 280 g/mol. The van der Waals surface area contributed by atoms with Crippen molar-refractivity contribution in [3.05, 3.63) is 0 Å². The molecule has 1 fully saturated rings. The van der Waals surface area contributed by atoms with Crippen LogP contribution in [0, 0.1) is 0 Å². The van der Waals surface area contributed by atoms with Crippen molar-refractivity contribution in [2.24, 2.45) is 0 Å². The summed E-state index contributed by atoms with van der Waals surface area (Å²) in [5, 5.41) is 0. The largest absolute Gasteiger partial charge is 0.340 e. The van der Waals surface area contributed by atoms with Gasteiger partial charge >= 0.3 is 0 Å². The number of carbonyl (C=O) groups is 1. The fraction of sp³-hybridized carbons (Fsp3) is 0.900. The van der Waals surface area contributed by atoms with Crippen molar-refractivity contribution in [2.45, 2.75) is 36.3 Å². The Bertz CT molecular complexity index is 220. The number of amides is 1. The van der Waals surface area contributed by atoms with E-state index in [1.54, 1.807) is 0 Å². The van der Waals surface area contributed by atoms with Gasteiger partial charge in [0.1, 0.15) is 0 Å². The molecule has 0 radical (unpaired) electrons. The summed E-state index contributed by atoms with van der Waals surface area (Å²) in [6, 6.07) is 0. The van der Waals surface area contributed by atoms with E-state index in [1.807, 2.05) is 16.7 Å². The first-order valence-electron chi connectivity index (χ1n) is 4.94. The SMILES string of the molecule is CSC(C)(C)CN1CCCC(Br)C1=O. The van der Waals surface area contributed by atoms with Crippen LogP contribution in [-0.2, 0) is 4.79 Å². The number of carbonyl (C=O) groups excluding carboxylic acids is 1. The molecule has 0 aromatic heterocycles. The van der Waals surface area contributed by atoms with Crippen molar-refractivity contribution in [1.82, 2.24) is 4.90 Å². The molecule has 1 aliphatic rings. The highest BCUT2D eigenvalue weighted by Gasteiger charge is 2.30. The second-order valence-corrected chi connectivity index (χ2v) is 6.95. The number of halogens is 1. The first kappa shape index (κ1) is 12.4. The van der Waals surface area contributed by atoms with Crippen LogP contribution < -0.4 is 0 Å². The Hall–Kier alpha value is 0.300. The number of hydrogen-bond donors (Lipinski definition) is 0. The third-order valence-electron chi connectivity index (χ3n) is 2.59. The molecule has 0 aromatic carbocycles. The molecule has 1 amide bonds. The topological polar surface area (TPSA) is 20.3 Å². The van der Waals surface area contributed by atoms with E-state index < -0.39 is 0 Å². The minimum absolute atomic E-state index is 0.0499. The summed E-state index contributed by atoms with van der Waals surface area (Å²) < 4.78 is 0.166. The molecular weight excluding hydrogens is 262 g/mol. The number of rotatable bonds is 3. The highest BCUT2D eigenvalue weighted by molar-refractivity contribution is 9.10. The van der Waals surface area contributed by atoms with Crippen molar-refractivity contribution in [3.8, 4) is 0 Å². The molecule has 0 spiro atoms. The molecule has 82 valence electrons. The average Bonchev–Trinajstić information content (AvgIpc) is 2.13. The normalized spacial score (nSPS) is 24.1. The van der Waals surface area contributed by atoms with Gasteiger partial charge in [0, 0.05) is 17.8 Å². The molecule has 1 rings (SSSR count). The molecule has 1 aliphatic heterocycles. The van der Waals surface area contributed by atoms with Crippen molar-refractivity contribution in [1.29, 1.82) is 0 Å². The molecule has 0 bridgehead atoms. The number of hydrogen-bond acceptors (Lipinski definition) is 2. The maximum absolute atomic E-state index is 11.8. The molecule has 0 N–H and O–H groups in total. The van der Waals surface area contributed by atoms with Crippen LogP contribution in [0.15, 0.2) is 0 Å². The second-order valence-electron chi connectivity index (χ2n) is 4.33. The van der Waals surface area contributed by atoms with Gasteiger partial charge in [0.25, 0.3) is 0 Å². The van der Waals surface area contributed by atoms with Gasteiger partial charge in [-0.2, -0.15) is 11.8 Å². The summed E-state index contributed by atoms with van der Waals surface area (Å²) in [5.74, 6) is 0.262. The van der Waals surface area contributed by atoms with E-state index >= 15 is 0 Å². The standard InChI is InChI=1S/C10H18BrNOS/c1-10(2,14-3)7-12-6-4-5-8(11)9(12)13/h8H,4-7H2,1-3H3. The first-order valence-corrected chi connectivity index (χ1v) is 7.08. The number of thioether (sulfide) groups is 1. The number of likely N-dealkylation sites (tertiary alicyclic amines) is 1. The smallest absolute Gasteiger partial charge is 0.236 e. The molecule has 4 heteroatoms. The molecule has 1 unspecified atom stereocenters. The van der Waals surface area contributed by atoms with Crippen LogP contribution in [0.25, 0.3) is 0 Å². The summed E-state index contributed by atoms with van der Waals surface area (Å²) in [7, 11) is 0. The summed E-state index contributed by atoms with van der Waals surface area (Å²) in [4.78, 5) is 13.8. The molecule has 0 aliphatic carbocycles. The lowest BCUT2D eigenvalue weighted by Crippen LogP contribution is -2.47. The van der Waals surface area contributed by atoms with E-state index in [0.29, 0.717) is 0 Å². The lowest BCUT2D eigenvalue weighted by molar-refractivity contribution is -0.132. The summed E-state index contributed by atoms with van der Waals surface area (Å²) >= 11 is 5.24. The Kier molecular flexibility index (Phi) is 4.31. The van der Waals surface area contributed by atoms with Gasteiger partial charge in [-0.25, -0.2) is 0 Å². The van der Waals surface area contributed by atoms with E-state index in [4.69, 9.17) is 0 Å². The Morgan fingerprint density at radius 1 is 1.64 bits per heavy atom. The van der Waals surface area contributed by atoms with Gasteiger partial charge in [-0.15, -0.1) is 0 Å². The van der Waals surface area contributed by atoms with Crippen LogP contribution in [0.3, 0.4) is 0 Å². The van der Waals surface area contributed by atoms with Crippen molar-refractivity contribution < 1.29 is 4.79 Å². The van der Waals surface area contributed by atoms with E-state index in [0.717, 1.165) is 25.9 Å². The summed E-state index contributed by atoms with van der Waals surface area (Å²) in [5.41, 5.74) is 0. The van der Waals surface area contributed by atoms with Crippen LogP contribution in [0.2, 0.25) is 0 Å². The monoisotopic (exact) mass is 279 g/mol. The van der Waals surface area contributed by atoms with Gasteiger partial charge in [-0.1, -0.05) is 15.9 Å². The van der Waals surface area contributed by atoms with Gasteiger partial charge in [0.2, 0.25) is 5.91 Å². The zero-order chi connectivity index (χ0) is 10.8. The molecule has 2 nitrogen and oxygen atoms in total. The highest BCUT2D eigenvalue weighted by Crippen LogP contribution is 2.26. The van der Waals surface area contributed by atoms with Crippen LogP contribution in [0.4, 0.5) is 0 Å². The van der Waals surface area contributed by atoms with Gasteiger partial charge in [-0.3, -0.25) is 4.79 Å². The summed E-state index contributed by atoms with van der Waals surface area (Å²) in [6.45, 7) is 6.14. The lowest BCUT2D eigenvalue weighted by Gasteiger charge is -2.35. The Balaban J connectivity index is 2.55. The van der Waals surface area contributed by atoms with Crippen LogP contribution in [0.5, 0.6) is 0 Å². The minimum Gasteiger partial charge on any atom is -0.340 e. The molecule has 1 atom stereocenters. The third kappa shape index (κ3) is 3.16. The fourth-order valence-electron chi connectivity index (χ4n) is 1.57. The van der Waals surface area contributed by atoms with Crippen LogP contribution in [-0.4, -0.2) is 39.7 Å². The van der Waals surface area contributed by atoms with Gasteiger partial charge in [-0.05, 0) is 32.9 Å². The minimum atomic E-state index is 0.0499. The number of piperidine rings is 1. The van der Waals surface area contributed by atoms with Crippen molar-refractivity contribution >= 4 is 33.6 Å². The zero-order valence-electron chi connectivity index (χ0n) is 9.05. The van der Waals surface area contributed by atoms with Gasteiger partial charge in [0.05, 0.1) is 4.83 Å². The Morgan fingerprint density at radius 3 is 2.86 bits per heavy atom. The summed E-state index contributed by atoms with van der Waals surface area (Å²) in [6.07, 6.45) is 4.20. The van der Waals surface area contributed by atoms with Crippen LogP contribution in [0.1, 0.15) is 26.7 Å². The quantitative estimate of drug-likeness (QED) is 0.740. The van der Waals surface area contributed by atoms with E-state index in [9.17, 15) is 4.79 Å². The fourth-order valence-corrected chi connectivity index (χ4v) is 2.47. The van der Waals surface area contributed by atoms with Crippen LogP contribution >= 0.6 is 27.7 Å². The van der Waals surface area contributed by atoms with Gasteiger partial charge in [0.15, 0.2) is 0 Å². The number of nitrogens with zero attached hydrogens (tertiary/aromatic N) is 1. The first-order chi connectivity index (χ1) is 6.46. The Labute approximate surface area is 98.9 Å². The molecule has 1 heterocycles. The van der Waals surface area contributed by atoms with Crippen molar-refractivity contribution in [3.63, 3.8) is 0 Å². The molecule has 0 aromatic rings. The molecule has 1 saturated heterocycles. The molecule has 0 saturated carbocycles. The highest BCUT2D eigenvalue weighted by atomic mass is 79.9. The van der Waals surface area contributed by atoms with E-state index in [-0.39, 0.29) is 15.5 Å². The predicted molar refractivity (Wildman–Crippen MR) is 66.1 cm³/mol. The van der Waals surface area contributed by atoms with Crippen molar-refractivity contribution in [2.75, 3.05) is 19.3 Å². The van der Waals surface area contributed by atoms with E-state index in [1.165, 1.54) is 0 Å². The van der Waals surface area contributed by atoms with E-state index in [2.05, 4.69) is 36.0 Å².